The first-order chi connectivity index (χ1) is 8.79. The number of aromatic nitrogens is 4. The third-order valence-corrected chi connectivity index (χ3v) is 2.68. The molecular weight excluding hydrogens is 230 g/mol. The summed E-state index contributed by atoms with van der Waals surface area (Å²) in [4.78, 5) is 4.00. The second kappa shape index (κ2) is 3.99. The van der Waals surface area contributed by atoms with Gasteiger partial charge in [0.15, 0.2) is 11.5 Å². The zero-order valence-corrected chi connectivity index (χ0v) is 9.74. The Hall–Kier alpha value is -2.63. The zero-order chi connectivity index (χ0) is 12.5. The summed E-state index contributed by atoms with van der Waals surface area (Å²) in [5, 5.41) is 8.21. The number of nitrogens with zero attached hydrogens (tertiary/aromatic N) is 4. The Morgan fingerprint density at radius 3 is 3.00 bits per heavy atom. The Morgan fingerprint density at radius 2 is 2.17 bits per heavy atom. The summed E-state index contributed by atoms with van der Waals surface area (Å²) in [6, 6.07) is 5.43. The molecule has 1 aromatic carbocycles. The number of anilines is 1. The summed E-state index contributed by atoms with van der Waals surface area (Å²) >= 11 is 0. The highest BCUT2D eigenvalue weighted by Crippen LogP contribution is 2.30. The number of fused-ring (bicyclic) bond motifs is 1. The molecule has 0 fully saturated rings. The number of hydrogen-bond donors (Lipinski definition) is 1. The molecule has 0 unspecified atom stereocenters. The van der Waals surface area contributed by atoms with E-state index in [2.05, 4.69) is 15.2 Å². The molecule has 0 radical (unpaired) electrons. The molecule has 6 heteroatoms. The molecule has 3 rings (SSSR count). The standard InChI is InChI=1S/C12H11N5O/c1-18-10-6-8(13)2-3-9(10)12-16-15-11-7-14-4-5-17(11)12/h2-7H,13H2,1H3. The molecule has 0 saturated carbocycles. The molecule has 6 nitrogen and oxygen atoms in total. The van der Waals surface area contributed by atoms with E-state index in [-0.39, 0.29) is 0 Å². The van der Waals surface area contributed by atoms with Crippen molar-refractivity contribution in [3.63, 3.8) is 0 Å². The van der Waals surface area contributed by atoms with Crippen molar-refractivity contribution < 1.29 is 4.74 Å². The Morgan fingerprint density at radius 1 is 1.28 bits per heavy atom. The van der Waals surface area contributed by atoms with Crippen LogP contribution in [-0.4, -0.2) is 26.7 Å². The molecule has 0 saturated heterocycles. The minimum atomic E-state index is 0.645. The van der Waals surface area contributed by atoms with Crippen molar-refractivity contribution >= 4 is 11.3 Å². The van der Waals surface area contributed by atoms with Gasteiger partial charge in [0.1, 0.15) is 5.75 Å². The third-order valence-electron chi connectivity index (χ3n) is 2.68. The summed E-state index contributed by atoms with van der Waals surface area (Å²) in [5.74, 6) is 1.37. The molecule has 18 heavy (non-hydrogen) atoms. The topological polar surface area (TPSA) is 78.3 Å². The van der Waals surface area contributed by atoms with E-state index in [1.54, 1.807) is 37.8 Å². The van der Waals surface area contributed by atoms with Crippen molar-refractivity contribution in [2.45, 2.75) is 0 Å². The highest BCUT2D eigenvalue weighted by Gasteiger charge is 2.12. The van der Waals surface area contributed by atoms with Gasteiger partial charge in [0.2, 0.25) is 0 Å². The van der Waals surface area contributed by atoms with E-state index in [1.165, 1.54) is 0 Å². The second-order valence-electron chi connectivity index (χ2n) is 3.79. The van der Waals surface area contributed by atoms with Crippen LogP contribution in [0.25, 0.3) is 17.0 Å². The first-order valence-corrected chi connectivity index (χ1v) is 5.38. The van der Waals surface area contributed by atoms with Gasteiger partial charge in [0.25, 0.3) is 0 Å². The number of benzene rings is 1. The monoisotopic (exact) mass is 241 g/mol. The number of ether oxygens (including phenoxy) is 1. The minimum absolute atomic E-state index is 0.645. The van der Waals surface area contributed by atoms with Crippen LogP contribution in [0.2, 0.25) is 0 Å². The van der Waals surface area contributed by atoms with Crippen LogP contribution in [0.1, 0.15) is 0 Å². The summed E-state index contributed by atoms with van der Waals surface area (Å²) in [6.45, 7) is 0. The summed E-state index contributed by atoms with van der Waals surface area (Å²) < 4.78 is 7.17. The molecule has 90 valence electrons. The van der Waals surface area contributed by atoms with Crippen LogP contribution < -0.4 is 10.5 Å². The zero-order valence-electron chi connectivity index (χ0n) is 9.74. The predicted octanol–water partition coefficient (Wildman–Crippen LogP) is 1.38. The third kappa shape index (κ3) is 1.55. The van der Waals surface area contributed by atoms with Gasteiger partial charge in [0.05, 0.1) is 18.9 Å². The lowest BCUT2D eigenvalue weighted by molar-refractivity contribution is 0.416. The van der Waals surface area contributed by atoms with Crippen molar-refractivity contribution in [1.82, 2.24) is 19.6 Å². The molecule has 0 amide bonds. The normalized spacial score (nSPS) is 10.7. The van der Waals surface area contributed by atoms with E-state index >= 15 is 0 Å². The largest absolute Gasteiger partial charge is 0.496 e. The Kier molecular flexibility index (Phi) is 2.33. The predicted molar refractivity (Wildman–Crippen MR) is 67.2 cm³/mol. The summed E-state index contributed by atoms with van der Waals surface area (Å²) in [6.07, 6.45) is 5.14. The molecule has 2 heterocycles. The number of methoxy groups -OCH3 is 1. The van der Waals surface area contributed by atoms with Crippen molar-refractivity contribution in [2.75, 3.05) is 12.8 Å². The molecule has 0 aliphatic heterocycles. The van der Waals surface area contributed by atoms with Gasteiger partial charge >= 0.3 is 0 Å². The van der Waals surface area contributed by atoms with Crippen LogP contribution >= 0.6 is 0 Å². The lowest BCUT2D eigenvalue weighted by Gasteiger charge is -2.07. The average molecular weight is 241 g/mol. The maximum atomic E-state index is 5.74. The van der Waals surface area contributed by atoms with Gasteiger partial charge in [-0.15, -0.1) is 10.2 Å². The highest BCUT2D eigenvalue weighted by atomic mass is 16.5. The Bertz CT molecular complexity index is 707. The lowest BCUT2D eigenvalue weighted by Crippen LogP contribution is -1.95. The van der Waals surface area contributed by atoms with Gasteiger partial charge in [-0.1, -0.05) is 0 Å². The van der Waals surface area contributed by atoms with E-state index < -0.39 is 0 Å². The molecule has 0 aliphatic rings. The molecule has 0 bridgehead atoms. The molecule has 0 spiro atoms. The number of nitrogen functional groups attached to an aromatic ring is 1. The summed E-state index contributed by atoms with van der Waals surface area (Å²) in [5.41, 5.74) is 7.91. The van der Waals surface area contributed by atoms with Gasteiger partial charge in [0, 0.05) is 24.1 Å². The quantitative estimate of drug-likeness (QED) is 0.686. The maximum absolute atomic E-state index is 5.74. The molecule has 2 N–H and O–H groups in total. The molecule has 3 aromatic rings. The van der Waals surface area contributed by atoms with E-state index in [0.29, 0.717) is 22.9 Å². The van der Waals surface area contributed by atoms with Gasteiger partial charge in [-0.05, 0) is 12.1 Å². The fourth-order valence-corrected chi connectivity index (χ4v) is 1.83. The van der Waals surface area contributed by atoms with Crippen molar-refractivity contribution in [3.8, 4) is 17.1 Å². The fourth-order valence-electron chi connectivity index (χ4n) is 1.83. The van der Waals surface area contributed by atoms with E-state index in [9.17, 15) is 0 Å². The van der Waals surface area contributed by atoms with E-state index in [0.717, 1.165) is 5.56 Å². The van der Waals surface area contributed by atoms with Crippen LogP contribution in [0.5, 0.6) is 5.75 Å². The van der Waals surface area contributed by atoms with Gasteiger partial charge in [-0.25, -0.2) is 0 Å². The number of hydrogen-bond acceptors (Lipinski definition) is 5. The molecule has 2 aromatic heterocycles. The molecular formula is C12H11N5O. The lowest BCUT2D eigenvalue weighted by atomic mass is 10.1. The van der Waals surface area contributed by atoms with Crippen molar-refractivity contribution in [1.29, 1.82) is 0 Å². The number of rotatable bonds is 2. The first-order valence-electron chi connectivity index (χ1n) is 5.38. The van der Waals surface area contributed by atoms with Crippen LogP contribution in [-0.2, 0) is 0 Å². The second-order valence-corrected chi connectivity index (χ2v) is 3.79. The Balaban J connectivity index is 2.26. The van der Waals surface area contributed by atoms with E-state index in [1.807, 2.05) is 10.5 Å². The van der Waals surface area contributed by atoms with Crippen molar-refractivity contribution in [3.05, 3.63) is 36.8 Å². The first kappa shape index (κ1) is 10.5. The minimum Gasteiger partial charge on any atom is -0.496 e. The van der Waals surface area contributed by atoms with Crippen molar-refractivity contribution in [2.24, 2.45) is 0 Å². The smallest absolute Gasteiger partial charge is 0.179 e. The molecule has 0 aliphatic carbocycles. The summed E-state index contributed by atoms with van der Waals surface area (Å²) in [7, 11) is 1.60. The van der Waals surface area contributed by atoms with Gasteiger partial charge < -0.3 is 10.5 Å². The van der Waals surface area contributed by atoms with Gasteiger partial charge in [-0.3, -0.25) is 9.38 Å². The van der Waals surface area contributed by atoms with Crippen LogP contribution in [0.3, 0.4) is 0 Å². The number of nitrogens with two attached hydrogens (primary N) is 1. The van der Waals surface area contributed by atoms with E-state index in [4.69, 9.17) is 10.5 Å². The SMILES string of the molecule is COc1cc(N)ccc1-c1nnc2cnccn12. The fraction of sp³-hybridized carbons (Fsp3) is 0.0833. The van der Waals surface area contributed by atoms with Gasteiger partial charge in [-0.2, -0.15) is 0 Å². The molecule has 0 atom stereocenters. The van der Waals surface area contributed by atoms with Crippen LogP contribution in [0, 0.1) is 0 Å². The highest BCUT2D eigenvalue weighted by molar-refractivity contribution is 5.69. The maximum Gasteiger partial charge on any atom is 0.179 e. The van der Waals surface area contributed by atoms with Crippen LogP contribution in [0.15, 0.2) is 36.8 Å². The average Bonchev–Trinajstić information content (AvgIpc) is 2.82. The van der Waals surface area contributed by atoms with Crippen LogP contribution in [0.4, 0.5) is 5.69 Å². The Labute approximate surface area is 103 Å².